The van der Waals surface area contributed by atoms with Gasteiger partial charge in [0, 0.05) is 11.6 Å². The van der Waals surface area contributed by atoms with Gasteiger partial charge in [-0.15, -0.1) is 0 Å². The highest BCUT2D eigenvalue weighted by Crippen LogP contribution is 2.22. The summed E-state index contributed by atoms with van der Waals surface area (Å²) in [6.45, 7) is 0. The Morgan fingerprint density at radius 3 is 2.84 bits per heavy atom. The number of nitrogens with zero attached hydrogens (tertiary/aromatic N) is 1. The molecule has 0 aliphatic carbocycles. The number of carbonyl (C=O) groups is 1. The third-order valence-electron chi connectivity index (χ3n) is 2.69. The van der Waals surface area contributed by atoms with E-state index in [4.69, 9.17) is 4.42 Å². The van der Waals surface area contributed by atoms with E-state index in [0.29, 0.717) is 10.4 Å². The van der Waals surface area contributed by atoms with Crippen LogP contribution in [0.1, 0.15) is 10.6 Å². The Morgan fingerprint density at radius 2 is 2.05 bits per heavy atom. The molecule has 19 heavy (non-hydrogen) atoms. The molecule has 1 N–H and O–H groups in total. The van der Waals surface area contributed by atoms with Gasteiger partial charge in [0.15, 0.2) is 10.4 Å². The maximum atomic E-state index is 12.0. The molecule has 3 rings (SSSR count). The fourth-order valence-electron chi connectivity index (χ4n) is 1.83. The second-order valence-corrected chi connectivity index (χ2v) is 4.72. The largest absolute Gasteiger partial charge is 0.444 e. The fraction of sp³-hybridized carbons (Fsp3) is 0. The molecule has 94 valence electrons. The van der Waals surface area contributed by atoms with Crippen molar-refractivity contribution in [2.24, 2.45) is 0 Å². The van der Waals surface area contributed by atoms with Gasteiger partial charge in [0.05, 0.1) is 11.2 Å². The van der Waals surface area contributed by atoms with Gasteiger partial charge >= 0.3 is 0 Å². The summed E-state index contributed by atoms with van der Waals surface area (Å²) in [5.41, 5.74) is 1.55. The van der Waals surface area contributed by atoms with Crippen LogP contribution in [0.25, 0.3) is 10.9 Å². The van der Waals surface area contributed by atoms with Gasteiger partial charge in [-0.3, -0.25) is 9.78 Å². The lowest BCUT2D eigenvalue weighted by atomic mass is 10.2. The van der Waals surface area contributed by atoms with Gasteiger partial charge in [-0.05, 0) is 52.3 Å². The summed E-state index contributed by atoms with van der Waals surface area (Å²) < 4.78 is 5.74. The monoisotopic (exact) mass is 316 g/mol. The minimum Gasteiger partial charge on any atom is -0.444 e. The van der Waals surface area contributed by atoms with Crippen LogP contribution < -0.4 is 5.32 Å². The maximum absolute atomic E-state index is 12.0. The first-order chi connectivity index (χ1) is 9.24. The predicted octanol–water partition coefficient (Wildman–Crippen LogP) is 3.84. The molecule has 2 heterocycles. The molecule has 0 fully saturated rings. The van der Waals surface area contributed by atoms with Gasteiger partial charge in [-0.25, -0.2) is 0 Å². The summed E-state index contributed by atoms with van der Waals surface area (Å²) in [6.07, 6.45) is 1.72. The number of anilines is 1. The number of furan rings is 1. The molecule has 0 aliphatic rings. The molecule has 0 saturated heterocycles. The Labute approximate surface area is 117 Å². The second kappa shape index (κ2) is 4.85. The third-order valence-corrected chi connectivity index (χ3v) is 3.12. The molecule has 5 heteroatoms. The Balaban J connectivity index is 1.95. The number of hydrogen-bond acceptors (Lipinski definition) is 3. The maximum Gasteiger partial charge on any atom is 0.291 e. The highest BCUT2D eigenvalue weighted by Gasteiger charge is 2.12. The van der Waals surface area contributed by atoms with Crippen molar-refractivity contribution in [3.05, 3.63) is 59.1 Å². The lowest BCUT2D eigenvalue weighted by molar-refractivity contribution is 0.0995. The van der Waals surface area contributed by atoms with Gasteiger partial charge in [0.25, 0.3) is 5.91 Å². The van der Waals surface area contributed by atoms with E-state index in [1.807, 2.05) is 30.3 Å². The van der Waals surface area contributed by atoms with E-state index in [1.165, 1.54) is 0 Å². The molecule has 0 aliphatic heterocycles. The average molecular weight is 317 g/mol. The van der Waals surface area contributed by atoms with Crippen LogP contribution in [0.5, 0.6) is 0 Å². The first kappa shape index (κ1) is 11.9. The molecule has 0 unspecified atom stereocenters. The summed E-state index contributed by atoms with van der Waals surface area (Å²) in [4.78, 5) is 16.3. The van der Waals surface area contributed by atoms with Gasteiger partial charge in [0.2, 0.25) is 0 Å². The lowest BCUT2D eigenvalue weighted by Gasteiger charge is -2.06. The Bertz CT molecular complexity index is 747. The summed E-state index contributed by atoms with van der Waals surface area (Å²) in [5.74, 6) is -0.0326. The number of carbonyl (C=O) groups excluding carboxylic acids is 1. The smallest absolute Gasteiger partial charge is 0.291 e. The van der Waals surface area contributed by atoms with Crippen LogP contribution in [0.15, 0.2) is 57.7 Å². The summed E-state index contributed by atoms with van der Waals surface area (Å²) >= 11 is 3.17. The molecule has 0 radical (unpaired) electrons. The summed E-state index contributed by atoms with van der Waals surface area (Å²) in [5, 5.41) is 3.71. The van der Waals surface area contributed by atoms with Crippen molar-refractivity contribution in [2.75, 3.05) is 5.32 Å². The van der Waals surface area contributed by atoms with E-state index in [0.717, 1.165) is 10.9 Å². The quantitative estimate of drug-likeness (QED) is 0.781. The zero-order chi connectivity index (χ0) is 13.2. The molecule has 1 amide bonds. The van der Waals surface area contributed by atoms with E-state index in [2.05, 4.69) is 26.2 Å². The lowest BCUT2D eigenvalue weighted by Crippen LogP contribution is -2.11. The Kier molecular flexibility index (Phi) is 3.05. The molecular formula is C14H9BrN2O2. The molecule has 1 aromatic carbocycles. The van der Waals surface area contributed by atoms with E-state index in [-0.39, 0.29) is 11.7 Å². The van der Waals surface area contributed by atoms with Gasteiger partial charge in [0.1, 0.15) is 0 Å². The summed E-state index contributed by atoms with van der Waals surface area (Å²) in [6, 6.07) is 12.6. The Morgan fingerprint density at radius 1 is 1.16 bits per heavy atom. The number of aromatic nitrogens is 1. The summed E-state index contributed by atoms with van der Waals surface area (Å²) in [7, 11) is 0. The van der Waals surface area contributed by atoms with Crippen molar-refractivity contribution in [1.29, 1.82) is 0 Å². The van der Waals surface area contributed by atoms with Gasteiger partial charge in [-0.2, -0.15) is 0 Å². The number of pyridine rings is 1. The molecule has 0 saturated carbocycles. The molecule has 2 aromatic heterocycles. The average Bonchev–Trinajstić information content (AvgIpc) is 2.86. The number of fused-ring (bicyclic) bond motifs is 1. The zero-order valence-corrected chi connectivity index (χ0v) is 11.3. The normalized spacial score (nSPS) is 10.6. The first-order valence-electron chi connectivity index (χ1n) is 5.64. The standard InChI is InChI=1S/C14H9BrN2O2/c15-13-7-6-12(19-13)14(18)17-11-5-1-4-10-9(11)3-2-8-16-10/h1-8H,(H,17,18). The number of nitrogens with one attached hydrogen (secondary N) is 1. The van der Waals surface area contributed by atoms with Crippen molar-refractivity contribution in [2.45, 2.75) is 0 Å². The van der Waals surface area contributed by atoms with Crippen molar-refractivity contribution in [1.82, 2.24) is 4.98 Å². The third kappa shape index (κ3) is 2.37. The van der Waals surface area contributed by atoms with Crippen LogP contribution in [0, 0.1) is 0 Å². The van der Waals surface area contributed by atoms with Gasteiger partial charge in [-0.1, -0.05) is 6.07 Å². The first-order valence-corrected chi connectivity index (χ1v) is 6.44. The van der Waals surface area contributed by atoms with Crippen LogP contribution in [-0.2, 0) is 0 Å². The highest BCUT2D eigenvalue weighted by molar-refractivity contribution is 9.10. The van der Waals surface area contributed by atoms with E-state index in [9.17, 15) is 4.79 Å². The van der Waals surface area contributed by atoms with Crippen molar-refractivity contribution >= 4 is 38.4 Å². The molecule has 0 spiro atoms. The van der Waals surface area contributed by atoms with E-state index < -0.39 is 0 Å². The second-order valence-electron chi connectivity index (χ2n) is 3.93. The van der Waals surface area contributed by atoms with Crippen LogP contribution in [0.2, 0.25) is 0 Å². The topological polar surface area (TPSA) is 55.1 Å². The molecular weight excluding hydrogens is 308 g/mol. The van der Waals surface area contributed by atoms with Crippen LogP contribution in [-0.4, -0.2) is 10.9 Å². The molecule has 0 atom stereocenters. The number of halogens is 1. The molecule has 4 nitrogen and oxygen atoms in total. The number of hydrogen-bond donors (Lipinski definition) is 1. The van der Waals surface area contributed by atoms with Crippen LogP contribution in [0.3, 0.4) is 0 Å². The van der Waals surface area contributed by atoms with Crippen molar-refractivity contribution in [3.63, 3.8) is 0 Å². The van der Waals surface area contributed by atoms with Crippen molar-refractivity contribution in [3.8, 4) is 0 Å². The fourth-order valence-corrected chi connectivity index (χ4v) is 2.14. The van der Waals surface area contributed by atoms with Crippen molar-refractivity contribution < 1.29 is 9.21 Å². The Hall–Kier alpha value is -2.14. The highest BCUT2D eigenvalue weighted by atomic mass is 79.9. The minimum atomic E-state index is -0.290. The SMILES string of the molecule is O=C(Nc1cccc2ncccc12)c1ccc(Br)o1. The predicted molar refractivity (Wildman–Crippen MR) is 76.1 cm³/mol. The zero-order valence-electron chi connectivity index (χ0n) is 9.76. The van der Waals surface area contributed by atoms with E-state index in [1.54, 1.807) is 18.3 Å². The molecule has 0 bridgehead atoms. The van der Waals surface area contributed by atoms with Crippen LogP contribution >= 0.6 is 15.9 Å². The molecule has 3 aromatic rings. The number of rotatable bonds is 2. The number of amides is 1. The van der Waals surface area contributed by atoms with Crippen LogP contribution in [0.4, 0.5) is 5.69 Å². The minimum absolute atomic E-state index is 0.257. The number of benzene rings is 1. The van der Waals surface area contributed by atoms with Gasteiger partial charge < -0.3 is 9.73 Å². The van der Waals surface area contributed by atoms with E-state index >= 15 is 0 Å².